The Morgan fingerprint density at radius 2 is 1.92 bits per heavy atom. The van der Waals surface area contributed by atoms with Crippen molar-refractivity contribution in [3.05, 3.63) is 72.1 Å². The Morgan fingerprint density at radius 1 is 1.14 bits per heavy atom. The lowest BCUT2D eigenvalue weighted by molar-refractivity contribution is -0.139. The van der Waals surface area contributed by atoms with Crippen molar-refractivity contribution in [1.82, 2.24) is 14.7 Å². The second-order valence-electron chi connectivity index (χ2n) is 8.07. The summed E-state index contributed by atoms with van der Waals surface area (Å²) in [5.41, 5.74) is 1.27. The molecule has 12 nitrogen and oxygen atoms in total. The van der Waals surface area contributed by atoms with E-state index in [0.717, 1.165) is 0 Å². The fourth-order valence-electron chi connectivity index (χ4n) is 3.61. The molecule has 2 aromatic carbocycles. The summed E-state index contributed by atoms with van der Waals surface area (Å²) in [7, 11) is -3.93. The van der Waals surface area contributed by atoms with Gasteiger partial charge in [0, 0.05) is 12.4 Å². The molecule has 4 rings (SSSR count). The predicted molar refractivity (Wildman–Crippen MR) is 129 cm³/mol. The van der Waals surface area contributed by atoms with E-state index in [9.17, 15) is 27.9 Å². The minimum Gasteiger partial charge on any atom is -0.480 e. The van der Waals surface area contributed by atoms with Crippen molar-refractivity contribution < 1.29 is 32.6 Å². The van der Waals surface area contributed by atoms with Gasteiger partial charge in [-0.15, -0.1) is 0 Å². The zero-order valence-electron chi connectivity index (χ0n) is 18.8. The summed E-state index contributed by atoms with van der Waals surface area (Å²) < 4.78 is 32.9. The monoisotopic (exact) mass is 513 g/mol. The Balaban J connectivity index is 1.40. The second-order valence-corrected chi connectivity index (χ2v) is 9.83. The third-order valence-electron chi connectivity index (χ3n) is 5.25. The fourth-order valence-corrected chi connectivity index (χ4v) is 4.94. The highest BCUT2D eigenvalue weighted by molar-refractivity contribution is 7.88. The minimum atomic E-state index is -3.93. The maximum atomic E-state index is 12.5. The number of carboxylic acid groups (broad SMARTS) is 1. The number of aliphatic carboxylic acids is 1. The number of rotatable bonds is 10. The van der Waals surface area contributed by atoms with Gasteiger partial charge < -0.3 is 20.1 Å². The molecular weight excluding hydrogens is 490 g/mol. The van der Waals surface area contributed by atoms with Gasteiger partial charge in [-0.1, -0.05) is 36.4 Å². The number of imidazole rings is 1. The van der Waals surface area contributed by atoms with Crippen LogP contribution in [0, 0.1) is 0 Å². The van der Waals surface area contributed by atoms with Gasteiger partial charge in [0.25, 0.3) is 5.91 Å². The van der Waals surface area contributed by atoms with Crippen LogP contribution in [0.3, 0.4) is 0 Å². The number of nitrogens with zero attached hydrogens (tertiary/aromatic N) is 1. The van der Waals surface area contributed by atoms with Crippen molar-refractivity contribution in [2.45, 2.75) is 30.7 Å². The van der Waals surface area contributed by atoms with Gasteiger partial charge in [0.05, 0.1) is 17.9 Å². The van der Waals surface area contributed by atoms with Crippen molar-refractivity contribution in [3.63, 3.8) is 0 Å². The number of aromatic nitrogens is 2. The number of hydrogen-bond donors (Lipinski definition) is 5. The molecule has 0 aliphatic carbocycles. The van der Waals surface area contributed by atoms with Crippen LogP contribution in [-0.2, 0) is 36.6 Å². The molecule has 2 atom stereocenters. The lowest BCUT2D eigenvalue weighted by atomic mass is 10.0. The molecule has 0 fully saturated rings. The highest BCUT2D eigenvalue weighted by Gasteiger charge is 2.31. The van der Waals surface area contributed by atoms with Crippen molar-refractivity contribution in [3.8, 4) is 5.75 Å². The van der Waals surface area contributed by atoms with Gasteiger partial charge in [-0.3, -0.25) is 19.7 Å². The number of aromatic amines is 1. The number of ether oxygens (including phenoxy) is 1. The number of anilines is 2. The summed E-state index contributed by atoms with van der Waals surface area (Å²) in [4.78, 5) is 43.0. The molecule has 0 saturated heterocycles. The van der Waals surface area contributed by atoms with Gasteiger partial charge >= 0.3 is 5.97 Å². The van der Waals surface area contributed by atoms with E-state index in [-0.39, 0.29) is 30.2 Å². The van der Waals surface area contributed by atoms with Gasteiger partial charge in [0.15, 0.2) is 6.10 Å². The van der Waals surface area contributed by atoms with E-state index < -0.39 is 40.0 Å². The molecular formula is C23H23N5O7S. The van der Waals surface area contributed by atoms with Gasteiger partial charge in [0.2, 0.25) is 21.9 Å². The minimum absolute atomic E-state index is 0.165. The van der Waals surface area contributed by atoms with E-state index in [1.165, 1.54) is 24.5 Å². The number of fused-ring (bicyclic) bond motifs is 1. The molecule has 0 saturated carbocycles. The van der Waals surface area contributed by atoms with Crippen LogP contribution in [0.1, 0.15) is 17.5 Å². The SMILES string of the molecule is O=C(CC1Oc2ccc(C[C@H](NS(=O)(=O)Cc3ccccc3)C(=O)O)cc2NC1=O)Nc1ncc[nH]1. The molecule has 13 heteroatoms. The quantitative estimate of drug-likeness (QED) is 0.269. The van der Waals surface area contributed by atoms with E-state index in [4.69, 9.17) is 4.74 Å². The average molecular weight is 514 g/mol. The van der Waals surface area contributed by atoms with Crippen molar-refractivity contribution in [2.24, 2.45) is 0 Å². The number of hydrogen-bond acceptors (Lipinski definition) is 7. The lowest BCUT2D eigenvalue weighted by Gasteiger charge is -2.26. The number of sulfonamides is 1. The van der Waals surface area contributed by atoms with Gasteiger partial charge in [-0.25, -0.2) is 18.1 Å². The maximum absolute atomic E-state index is 12.5. The third kappa shape index (κ3) is 6.46. The molecule has 0 spiro atoms. The number of carboxylic acids is 1. The summed E-state index contributed by atoms with van der Waals surface area (Å²) in [5, 5.41) is 14.7. The van der Waals surface area contributed by atoms with Crippen LogP contribution < -0.4 is 20.1 Å². The van der Waals surface area contributed by atoms with Crippen LogP contribution in [-0.4, -0.2) is 53.4 Å². The molecule has 1 aliphatic heterocycles. The van der Waals surface area contributed by atoms with Gasteiger partial charge in [0.1, 0.15) is 11.8 Å². The molecule has 2 amide bonds. The smallest absolute Gasteiger partial charge is 0.322 e. The Kier molecular flexibility index (Phi) is 7.31. The van der Waals surface area contributed by atoms with E-state index >= 15 is 0 Å². The molecule has 1 aliphatic rings. The molecule has 2 heterocycles. The molecule has 3 aromatic rings. The molecule has 1 aromatic heterocycles. The largest absolute Gasteiger partial charge is 0.480 e. The highest BCUT2D eigenvalue weighted by Crippen LogP contribution is 2.31. The fraction of sp³-hybridized carbons (Fsp3) is 0.217. The zero-order chi connectivity index (χ0) is 25.7. The Bertz CT molecular complexity index is 1360. The molecule has 188 valence electrons. The van der Waals surface area contributed by atoms with E-state index in [0.29, 0.717) is 16.9 Å². The normalized spacial score (nSPS) is 15.8. The molecule has 1 unspecified atom stereocenters. The maximum Gasteiger partial charge on any atom is 0.322 e. The highest BCUT2D eigenvalue weighted by atomic mass is 32.2. The molecule has 0 radical (unpaired) electrons. The van der Waals surface area contributed by atoms with Crippen molar-refractivity contribution in [2.75, 3.05) is 10.6 Å². The summed E-state index contributed by atoms with van der Waals surface area (Å²) in [6.45, 7) is 0. The number of carbonyl (C=O) groups is 3. The first-order chi connectivity index (χ1) is 17.2. The summed E-state index contributed by atoms with van der Waals surface area (Å²) >= 11 is 0. The first-order valence-corrected chi connectivity index (χ1v) is 12.5. The topological polar surface area (TPSA) is 180 Å². The van der Waals surface area contributed by atoms with Crippen LogP contribution in [0.5, 0.6) is 5.75 Å². The number of H-pyrrole nitrogens is 1. The van der Waals surface area contributed by atoms with E-state index in [1.54, 1.807) is 36.4 Å². The summed E-state index contributed by atoms with van der Waals surface area (Å²) in [6, 6.07) is 11.6. The number of nitrogens with one attached hydrogen (secondary N) is 4. The van der Waals surface area contributed by atoms with Gasteiger partial charge in [-0.2, -0.15) is 0 Å². The van der Waals surface area contributed by atoms with Crippen LogP contribution in [0.25, 0.3) is 0 Å². The van der Waals surface area contributed by atoms with Crippen LogP contribution in [0.15, 0.2) is 60.9 Å². The Morgan fingerprint density at radius 3 is 2.61 bits per heavy atom. The van der Waals surface area contributed by atoms with E-state index in [1.807, 2.05) is 0 Å². The van der Waals surface area contributed by atoms with Gasteiger partial charge in [-0.05, 0) is 29.7 Å². The van der Waals surface area contributed by atoms with Crippen LogP contribution in [0.2, 0.25) is 0 Å². The summed E-state index contributed by atoms with van der Waals surface area (Å²) in [5.74, 6) is -2.18. The first-order valence-electron chi connectivity index (χ1n) is 10.8. The number of amides is 2. The standard InChI is InChI=1S/C23H23N5O7S/c29-20(27-23-24-8-9-25-23)12-19-21(30)26-16-10-15(6-7-18(16)35-19)11-17(22(31)32)28-36(33,34)13-14-4-2-1-3-5-14/h1-10,17,19,28H,11-13H2,(H,26,30)(H,31,32)(H2,24,25,27,29)/t17-,19?/m0/s1. The molecule has 5 N–H and O–H groups in total. The number of carbonyl (C=O) groups excluding carboxylic acids is 2. The predicted octanol–water partition coefficient (Wildman–Crippen LogP) is 1.25. The Hall–Kier alpha value is -4.23. The van der Waals surface area contributed by atoms with Crippen molar-refractivity contribution in [1.29, 1.82) is 0 Å². The third-order valence-corrected chi connectivity index (χ3v) is 6.61. The molecule has 0 bridgehead atoms. The second kappa shape index (κ2) is 10.6. The van der Waals surface area contributed by atoms with Crippen LogP contribution >= 0.6 is 0 Å². The Labute approximate surface area is 206 Å². The zero-order valence-corrected chi connectivity index (χ0v) is 19.6. The van der Waals surface area contributed by atoms with Crippen LogP contribution in [0.4, 0.5) is 11.6 Å². The summed E-state index contributed by atoms with van der Waals surface area (Å²) in [6.07, 6.45) is 1.52. The average Bonchev–Trinajstić information content (AvgIpc) is 3.32. The lowest BCUT2D eigenvalue weighted by Crippen LogP contribution is -2.43. The number of benzene rings is 2. The van der Waals surface area contributed by atoms with Crippen molar-refractivity contribution >= 4 is 39.4 Å². The molecule has 36 heavy (non-hydrogen) atoms. The first kappa shape index (κ1) is 24.9. The van der Waals surface area contributed by atoms with E-state index in [2.05, 4.69) is 25.3 Å².